The maximum Gasteiger partial charge on any atom is 0.345 e. The van der Waals surface area contributed by atoms with Crippen LogP contribution in [0.2, 0.25) is 0 Å². The van der Waals surface area contributed by atoms with E-state index in [1.165, 1.54) is 6.21 Å². The minimum atomic E-state index is -0.524. The molecule has 0 atom stereocenters. The number of carbonyl (C=O) groups excluding carboxylic acids is 1. The van der Waals surface area contributed by atoms with E-state index < -0.39 is 5.97 Å². The summed E-state index contributed by atoms with van der Waals surface area (Å²) in [7, 11) is 1.54. The number of ether oxygens (including phenoxy) is 2. The molecule has 80 valence electrons. The van der Waals surface area contributed by atoms with E-state index in [1.807, 2.05) is 0 Å². The van der Waals surface area contributed by atoms with Gasteiger partial charge >= 0.3 is 5.97 Å². The molecule has 0 aliphatic heterocycles. The molecule has 0 bridgehead atoms. The number of carbonyl (C=O) groups is 1. The minimum absolute atomic E-state index is 0.0385. The van der Waals surface area contributed by atoms with E-state index in [2.05, 4.69) is 4.99 Å². The first kappa shape index (κ1) is 12.5. The average Bonchev–Trinajstić information content (AvgIpc) is 2.14. The number of nitrogens with zero attached hydrogens (tertiary/aromatic N) is 1. The minimum Gasteiger partial charge on any atom is -0.479 e. The number of rotatable bonds is 5. The SMILES string of the molecule is CCOC(=O)C(C=NC)=C(N)OCC. The summed E-state index contributed by atoms with van der Waals surface area (Å²) in [5, 5.41) is 0. The van der Waals surface area contributed by atoms with Crippen LogP contribution in [0, 0.1) is 0 Å². The second-order valence-electron chi connectivity index (χ2n) is 2.32. The fourth-order valence-corrected chi connectivity index (χ4v) is 0.788. The Morgan fingerprint density at radius 3 is 2.36 bits per heavy atom. The van der Waals surface area contributed by atoms with Crippen LogP contribution in [0.4, 0.5) is 0 Å². The van der Waals surface area contributed by atoms with Crippen molar-refractivity contribution >= 4 is 12.2 Å². The molecule has 0 heterocycles. The number of hydrogen-bond acceptors (Lipinski definition) is 5. The molecule has 0 rings (SSSR count). The normalized spacial score (nSPS) is 12.5. The molecule has 0 aliphatic rings. The molecule has 0 aromatic carbocycles. The van der Waals surface area contributed by atoms with Gasteiger partial charge in [0.05, 0.1) is 13.2 Å². The van der Waals surface area contributed by atoms with E-state index in [0.29, 0.717) is 13.2 Å². The summed E-state index contributed by atoms with van der Waals surface area (Å²) in [6, 6.07) is 0. The highest BCUT2D eigenvalue weighted by molar-refractivity contribution is 6.09. The van der Waals surface area contributed by atoms with E-state index in [1.54, 1.807) is 20.9 Å². The van der Waals surface area contributed by atoms with Crippen LogP contribution in [0.5, 0.6) is 0 Å². The largest absolute Gasteiger partial charge is 0.479 e. The Labute approximate surface area is 83.6 Å². The predicted octanol–water partition coefficient (Wildman–Crippen LogP) is 0.457. The van der Waals surface area contributed by atoms with E-state index in [4.69, 9.17) is 15.2 Å². The second-order valence-corrected chi connectivity index (χ2v) is 2.32. The topological polar surface area (TPSA) is 73.9 Å². The zero-order chi connectivity index (χ0) is 11.0. The van der Waals surface area contributed by atoms with Gasteiger partial charge in [-0.3, -0.25) is 4.99 Å². The van der Waals surface area contributed by atoms with Gasteiger partial charge in [0, 0.05) is 13.3 Å². The number of esters is 1. The zero-order valence-electron chi connectivity index (χ0n) is 8.74. The molecule has 0 saturated heterocycles. The van der Waals surface area contributed by atoms with Crippen molar-refractivity contribution in [2.24, 2.45) is 10.7 Å². The molecule has 5 nitrogen and oxygen atoms in total. The van der Waals surface area contributed by atoms with Gasteiger partial charge in [0.1, 0.15) is 5.57 Å². The first-order valence-corrected chi connectivity index (χ1v) is 4.39. The van der Waals surface area contributed by atoms with Crippen molar-refractivity contribution in [3.05, 3.63) is 11.5 Å². The van der Waals surface area contributed by atoms with E-state index >= 15 is 0 Å². The predicted molar refractivity (Wildman–Crippen MR) is 53.9 cm³/mol. The highest BCUT2D eigenvalue weighted by Crippen LogP contribution is 2.01. The van der Waals surface area contributed by atoms with Crippen molar-refractivity contribution in [1.29, 1.82) is 0 Å². The summed E-state index contributed by atoms with van der Waals surface area (Å²) in [5.41, 5.74) is 5.66. The lowest BCUT2D eigenvalue weighted by Crippen LogP contribution is -2.17. The third-order valence-corrected chi connectivity index (χ3v) is 1.32. The van der Waals surface area contributed by atoms with Crippen LogP contribution >= 0.6 is 0 Å². The van der Waals surface area contributed by atoms with E-state index in [0.717, 1.165) is 0 Å². The summed E-state index contributed by atoms with van der Waals surface area (Å²) in [6.07, 6.45) is 1.32. The second kappa shape index (κ2) is 6.94. The fourth-order valence-electron chi connectivity index (χ4n) is 0.788. The van der Waals surface area contributed by atoms with Gasteiger partial charge in [-0.1, -0.05) is 0 Å². The van der Waals surface area contributed by atoms with Crippen molar-refractivity contribution in [2.75, 3.05) is 20.3 Å². The molecule has 0 aromatic heterocycles. The number of aliphatic imine (C=N–C) groups is 1. The van der Waals surface area contributed by atoms with Crippen LogP contribution in [0.25, 0.3) is 0 Å². The monoisotopic (exact) mass is 200 g/mol. The molecule has 0 aliphatic carbocycles. The van der Waals surface area contributed by atoms with Gasteiger partial charge in [-0.25, -0.2) is 4.79 Å². The summed E-state index contributed by atoms with van der Waals surface area (Å²) < 4.78 is 9.77. The highest BCUT2D eigenvalue weighted by Gasteiger charge is 2.13. The molecule has 0 radical (unpaired) electrons. The van der Waals surface area contributed by atoms with Gasteiger partial charge in [-0.2, -0.15) is 0 Å². The Morgan fingerprint density at radius 1 is 1.36 bits per heavy atom. The van der Waals surface area contributed by atoms with E-state index in [-0.39, 0.29) is 11.5 Å². The van der Waals surface area contributed by atoms with Crippen molar-refractivity contribution in [2.45, 2.75) is 13.8 Å². The molecule has 14 heavy (non-hydrogen) atoms. The molecular weight excluding hydrogens is 184 g/mol. The average molecular weight is 200 g/mol. The third-order valence-electron chi connectivity index (χ3n) is 1.32. The molecule has 5 heteroatoms. The van der Waals surface area contributed by atoms with Crippen molar-refractivity contribution < 1.29 is 14.3 Å². The number of nitrogens with two attached hydrogens (primary N) is 1. The fraction of sp³-hybridized carbons (Fsp3) is 0.556. The summed E-state index contributed by atoms with van der Waals surface area (Å²) >= 11 is 0. The maximum atomic E-state index is 11.3. The first-order valence-electron chi connectivity index (χ1n) is 4.39. The lowest BCUT2D eigenvalue weighted by molar-refractivity contribution is -0.138. The molecule has 0 amide bonds. The standard InChI is InChI=1S/C9H16N2O3/c1-4-13-8(10)7(6-11-3)9(12)14-5-2/h6H,4-5,10H2,1-3H3. The summed E-state index contributed by atoms with van der Waals surface area (Å²) in [4.78, 5) is 15.0. The lowest BCUT2D eigenvalue weighted by Gasteiger charge is -2.07. The van der Waals surface area contributed by atoms with Crippen LogP contribution < -0.4 is 5.73 Å². The van der Waals surface area contributed by atoms with Crippen LogP contribution in [0.1, 0.15) is 13.8 Å². The Morgan fingerprint density at radius 2 is 1.93 bits per heavy atom. The van der Waals surface area contributed by atoms with Gasteiger partial charge in [0.25, 0.3) is 0 Å². The number of hydrogen-bond donors (Lipinski definition) is 1. The smallest absolute Gasteiger partial charge is 0.345 e. The zero-order valence-corrected chi connectivity index (χ0v) is 8.74. The first-order chi connectivity index (χ1) is 6.67. The summed E-state index contributed by atoms with van der Waals surface area (Å²) in [6.45, 7) is 4.18. The van der Waals surface area contributed by atoms with Crippen molar-refractivity contribution in [3.63, 3.8) is 0 Å². The van der Waals surface area contributed by atoms with Gasteiger partial charge in [-0.05, 0) is 13.8 Å². The molecule has 0 spiro atoms. The Hall–Kier alpha value is -1.52. The van der Waals surface area contributed by atoms with Crippen molar-refractivity contribution in [1.82, 2.24) is 0 Å². The Kier molecular flexibility index (Phi) is 6.19. The lowest BCUT2D eigenvalue weighted by atomic mass is 10.3. The molecule has 0 fully saturated rings. The van der Waals surface area contributed by atoms with Crippen LogP contribution in [0.3, 0.4) is 0 Å². The van der Waals surface area contributed by atoms with Gasteiger partial charge in [-0.15, -0.1) is 0 Å². The van der Waals surface area contributed by atoms with Crippen LogP contribution in [0.15, 0.2) is 16.4 Å². The maximum absolute atomic E-state index is 11.3. The van der Waals surface area contributed by atoms with Gasteiger partial charge < -0.3 is 15.2 Å². The molecule has 0 unspecified atom stereocenters. The third kappa shape index (κ3) is 3.93. The molecular formula is C9H16N2O3. The Bertz CT molecular complexity index is 246. The molecule has 0 aromatic rings. The molecule has 0 saturated carbocycles. The van der Waals surface area contributed by atoms with E-state index in [9.17, 15) is 4.79 Å². The molecule has 2 N–H and O–H groups in total. The quantitative estimate of drug-likeness (QED) is 0.303. The van der Waals surface area contributed by atoms with Crippen LogP contribution in [-0.4, -0.2) is 32.4 Å². The van der Waals surface area contributed by atoms with Crippen LogP contribution in [-0.2, 0) is 14.3 Å². The Balaban J connectivity index is 4.73. The highest BCUT2D eigenvalue weighted by atomic mass is 16.5. The van der Waals surface area contributed by atoms with Gasteiger partial charge in [0.15, 0.2) is 0 Å². The van der Waals surface area contributed by atoms with Gasteiger partial charge in [0.2, 0.25) is 5.88 Å². The summed E-state index contributed by atoms with van der Waals surface area (Å²) in [5.74, 6) is -0.486. The van der Waals surface area contributed by atoms with Crippen molar-refractivity contribution in [3.8, 4) is 0 Å².